The smallest absolute Gasteiger partial charge is 0.198 e. The third kappa shape index (κ3) is 3.01. The lowest BCUT2D eigenvalue weighted by Crippen LogP contribution is -2.39. The van der Waals surface area contributed by atoms with E-state index in [4.69, 9.17) is 11.6 Å². The maximum absolute atomic E-state index is 11.9. The molecule has 0 bridgehead atoms. The van der Waals surface area contributed by atoms with E-state index in [9.17, 15) is 5.11 Å². The van der Waals surface area contributed by atoms with E-state index in [-0.39, 0.29) is 5.75 Å². The molecule has 0 amide bonds. The highest BCUT2D eigenvalue weighted by atomic mass is 35.5. The maximum atomic E-state index is 11.9. The quantitative estimate of drug-likeness (QED) is 0.702. The average Bonchev–Trinajstić information content (AvgIpc) is 3.03. The molecule has 0 unspecified atom stereocenters. The van der Waals surface area contributed by atoms with Crippen LogP contribution in [0.1, 0.15) is 12.8 Å². The second-order valence-electron chi connectivity index (χ2n) is 5.99. The number of nitrogens with zero attached hydrogens (tertiary/aromatic N) is 2. The molecule has 1 N–H and O–H groups in total. The molecule has 24 heavy (non-hydrogen) atoms. The van der Waals surface area contributed by atoms with Gasteiger partial charge < -0.3 is 10.2 Å². The van der Waals surface area contributed by atoms with E-state index >= 15 is 0 Å². The zero-order valence-electron chi connectivity index (χ0n) is 13.0. The first-order valence-corrected chi connectivity index (χ1v) is 9.23. The van der Waals surface area contributed by atoms with Crippen LogP contribution < -0.4 is 10.2 Å². The van der Waals surface area contributed by atoms with Gasteiger partial charge in [-0.25, -0.2) is 4.98 Å². The number of piperidine rings is 1. The van der Waals surface area contributed by atoms with Gasteiger partial charge in [0.2, 0.25) is 0 Å². The van der Waals surface area contributed by atoms with Crippen molar-refractivity contribution in [1.29, 1.82) is 0 Å². The highest BCUT2D eigenvalue weighted by Gasteiger charge is 2.22. The Bertz CT molecular complexity index is 858. The molecule has 6 heteroatoms. The van der Waals surface area contributed by atoms with Gasteiger partial charge in [0.15, 0.2) is 10.9 Å². The van der Waals surface area contributed by atoms with Crippen LogP contribution in [-0.4, -0.2) is 24.1 Å². The van der Waals surface area contributed by atoms with Crippen molar-refractivity contribution in [2.75, 3.05) is 23.3 Å². The lowest BCUT2D eigenvalue weighted by molar-refractivity contribution is 0.361. The van der Waals surface area contributed by atoms with Gasteiger partial charge in [-0.05, 0) is 37.1 Å². The van der Waals surface area contributed by atoms with E-state index in [1.54, 1.807) is 12.1 Å². The van der Waals surface area contributed by atoms with Crippen LogP contribution in [-0.2, 0) is 5.11 Å². The van der Waals surface area contributed by atoms with Gasteiger partial charge >= 0.3 is 0 Å². The lowest BCUT2D eigenvalue weighted by Gasteiger charge is -2.32. The maximum Gasteiger partial charge on any atom is 0.198 e. The molecule has 1 saturated heterocycles. The Balaban J connectivity index is 1.44. The number of benzene rings is 2. The second kappa shape index (κ2) is 6.49. The van der Waals surface area contributed by atoms with Gasteiger partial charge in [-0.1, -0.05) is 41.1 Å². The fourth-order valence-electron chi connectivity index (χ4n) is 3.06. The van der Waals surface area contributed by atoms with Crippen LogP contribution in [0.5, 0.6) is 5.75 Å². The summed E-state index contributed by atoms with van der Waals surface area (Å²) in [5, 5.41) is 17.1. The van der Waals surface area contributed by atoms with Crippen LogP contribution in [0.25, 0.3) is 10.2 Å². The van der Waals surface area contributed by atoms with Crippen LogP contribution in [0.4, 0.5) is 10.8 Å². The fourth-order valence-corrected chi connectivity index (χ4v) is 4.28. The standard InChI is InChI=1S/C18H17ClN3OS/c19-13-4-1-2-5-14(13)20-12-8-10-22(11-9-12)18-21-15-6-3-7-16(23)17(15)24-18/h1-7,12,20H,8-11H2. The summed E-state index contributed by atoms with van der Waals surface area (Å²) in [7, 11) is 0. The minimum atomic E-state index is 0.0616. The Labute approximate surface area is 149 Å². The first-order chi connectivity index (χ1) is 11.7. The molecular formula is C18H17ClN3OS. The first kappa shape index (κ1) is 15.5. The summed E-state index contributed by atoms with van der Waals surface area (Å²) in [6.45, 7) is 1.85. The Morgan fingerprint density at radius 1 is 1.12 bits per heavy atom. The van der Waals surface area contributed by atoms with Gasteiger partial charge in [-0.2, -0.15) is 0 Å². The molecule has 1 aromatic heterocycles. The molecule has 3 aromatic rings. The molecule has 123 valence electrons. The third-order valence-corrected chi connectivity index (χ3v) is 5.84. The molecule has 4 rings (SSSR count). The van der Waals surface area contributed by atoms with Gasteiger partial charge in [-0.3, -0.25) is 5.11 Å². The van der Waals surface area contributed by atoms with Crippen molar-refractivity contribution in [2.24, 2.45) is 0 Å². The second-order valence-corrected chi connectivity index (χ2v) is 7.37. The number of aromatic nitrogens is 1. The van der Waals surface area contributed by atoms with Crippen molar-refractivity contribution in [3.8, 4) is 5.75 Å². The van der Waals surface area contributed by atoms with E-state index in [1.165, 1.54) is 11.3 Å². The lowest BCUT2D eigenvalue weighted by atomic mass is 10.1. The molecule has 0 aliphatic carbocycles. The average molecular weight is 359 g/mol. The summed E-state index contributed by atoms with van der Waals surface area (Å²) in [6.07, 6.45) is 2.04. The third-order valence-electron chi connectivity index (χ3n) is 4.37. The van der Waals surface area contributed by atoms with Crippen LogP contribution in [0.3, 0.4) is 0 Å². The van der Waals surface area contributed by atoms with Crippen molar-refractivity contribution < 1.29 is 5.11 Å². The molecule has 0 spiro atoms. The highest BCUT2D eigenvalue weighted by Crippen LogP contribution is 2.36. The largest absolute Gasteiger partial charge is 0.381 e. The zero-order chi connectivity index (χ0) is 16.5. The topological polar surface area (TPSA) is 48.1 Å². The van der Waals surface area contributed by atoms with Crippen molar-refractivity contribution in [2.45, 2.75) is 18.9 Å². The van der Waals surface area contributed by atoms with Crippen LogP contribution in [0.15, 0.2) is 42.5 Å². The summed E-state index contributed by atoms with van der Waals surface area (Å²) in [6, 6.07) is 13.5. The van der Waals surface area contributed by atoms with Gasteiger partial charge in [0, 0.05) is 19.1 Å². The van der Waals surface area contributed by atoms with Crippen LogP contribution in [0, 0.1) is 0 Å². The Kier molecular flexibility index (Phi) is 4.21. The number of hydrogen-bond acceptors (Lipinski definition) is 4. The van der Waals surface area contributed by atoms with Crippen LogP contribution in [0.2, 0.25) is 5.02 Å². The molecule has 1 aliphatic rings. The predicted molar refractivity (Wildman–Crippen MR) is 100 cm³/mol. The zero-order valence-corrected chi connectivity index (χ0v) is 14.6. The summed E-state index contributed by atoms with van der Waals surface area (Å²) in [5.74, 6) is 0.0616. The molecule has 4 nitrogen and oxygen atoms in total. The van der Waals surface area contributed by atoms with Crippen molar-refractivity contribution >= 4 is 44.0 Å². The SMILES string of the molecule is [O]c1cccc2nc(N3CCC(Nc4ccccc4Cl)CC3)sc12. The number of thiazole rings is 1. The fraction of sp³-hybridized carbons (Fsp3) is 0.278. The molecule has 2 aromatic carbocycles. The number of halogens is 1. The molecule has 0 saturated carbocycles. The number of nitrogens with one attached hydrogen (secondary N) is 1. The molecule has 1 fully saturated rings. The highest BCUT2D eigenvalue weighted by molar-refractivity contribution is 7.22. The minimum absolute atomic E-state index is 0.0616. The van der Waals surface area contributed by atoms with Crippen molar-refractivity contribution in [3.05, 3.63) is 47.5 Å². The Morgan fingerprint density at radius 2 is 1.92 bits per heavy atom. The summed E-state index contributed by atoms with van der Waals surface area (Å²) in [5.41, 5.74) is 1.80. The predicted octanol–water partition coefficient (Wildman–Crippen LogP) is 5.17. The molecule has 1 aliphatic heterocycles. The van der Waals surface area contributed by atoms with E-state index in [1.807, 2.05) is 30.3 Å². The normalized spacial score (nSPS) is 15.8. The summed E-state index contributed by atoms with van der Waals surface area (Å²) in [4.78, 5) is 6.90. The number of fused-ring (bicyclic) bond motifs is 1. The molecule has 1 radical (unpaired) electrons. The summed E-state index contributed by atoms with van der Waals surface area (Å²) >= 11 is 7.72. The van der Waals surface area contributed by atoms with E-state index in [2.05, 4.69) is 15.2 Å². The van der Waals surface area contributed by atoms with Gasteiger partial charge in [0.25, 0.3) is 0 Å². The van der Waals surface area contributed by atoms with Gasteiger partial charge in [-0.15, -0.1) is 0 Å². The number of anilines is 2. The van der Waals surface area contributed by atoms with E-state index < -0.39 is 0 Å². The van der Waals surface area contributed by atoms with Crippen LogP contribution >= 0.6 is 22.9 Å². The molecule has 2 heterocycles. The van der Waals surface area contributed by atoms with Gasteiger partial charge in [0.1, 0.15) is 4.70 Å². The monoisotopic (exact) mass is 358 g/mol. The van der Waals surface area contributed by atoms with E-state index in [0.717, 1.165) is 52.0 Å². The Hall–Kier alpha value is -1.98. The summed E-state index contributed by atoms with van der Waals surface area (Å²) < 4.78 is 0.754. The number of hydrogen-bond donors (Lipinski definition) is 1. The van der Waals surface area contributed by atoms with Gasteiger partial charge in [0.05, 0.1) is 16.2 Å². The first-order valence-electron chi connectivity index (χ1n) is 8.03. The number of rotatable bonds is 3. The minimum Gasteiger partial charge on any atom is -0.381 e. The number of para-hydroxylation sites is 1. The molecule has 0 atom stereocenters. The van der Waals surface area contributed by atoms with Crippen molar-refractivity contribution in [3.63, 3.8) is 0 Å². The Morgan fingerprint density at radius 3 is 2.67 bits per heavy atom. The van der Waals surface area contributed by atoms with Crippen molar-refractivity contribution in [1.82, 2.24) is 4.98 Å². The van der Waals surface area contributed by atoms with E-state index in [0.29, 0.717) is 6.04 Å². The molecular weight excluding hydrogens is 342 g/mol.